The summed E-state index contributed by atoms with van der Waals surface area (Å²) in [5.41, 5.74) is 0. The van der Waals surface area contributed by atoms with Crippen molar-refractivity contribution in [2.24, 2.45) is 0 Å². The quantitative estimate of drug-likeness (QED) is 0.580. The van der Waals surface area contributed by atoms with Gasteiger partial charge >= 0.3 is 27.3 Å². The molecule has 0 saturated heterocycles. The van der Waals surface area contributed by atoms with Crippen LogP contribution < -0.4 is 0 Å². The Hall–Kier alpha value is -1.40. The van der Waals surface area contributed by atoms with Gasteiger partial charge in [0, 0.05) is 0 Å². The zero-order valence-corrected chi connectivity index (χ0v) is 9.36. The third-order valence-corrected chi connectivity index (χ3v) is 4.18. The molecule has 0 saturated carbocycles. The molecule has 0 atom stereocenters. The van der Waals surface area contributed by atoms with E-state index in [1.165, 1.54) is 0 Å². The van der Waals surface area contributed by atoms with Gasteiger partial charge in [-0.05, 0) is 0 Å². The van der Waals surface area contributed by atoms with Crippen LogP contribution in [0.3, 0.4) is 0 Å². The van der Waals surface area contributed by atoms with Crippen LogP contribution in [0.2, 0.25) is 0 Å². The largest absolute Gasteiger partial charge is 0.445 e. The molecule has 0 fully saturated rings. The summed E-state index contributed by atoms with van der Waals surface area (Å²) in [6.45, 7) is 0. The van der Waals surface area contributed by atoms with Gasteiger partial charge in [-0.2, -0.15) is 39.5 Å². The molecule has 0 heterocycles. The molecular formula is C6HF9O3Si. The number of carbonyl (C=O) groups excluding carboxylic acids is 3. The molecule has 0 aliphatic rings. The van der Waals surface area contributed by atoms with E-state index in [4.69, 9.17) is 0 Å². The standard InChI is InChI=1S/C6HF9O3Si/c7-4(8,9)1(16)19(2(17)5(10,11)12)3(18)6(13,14)15/h19H. The van der Waals surface area contributed by atoms with E-state index in [0.717, 1.165) is 0 Å². The summed E-state index contributed by atoms with van der Waals surface area (Å²) in [6.07, 6.45) is -18.4. The molecule has 110 valence electrons. The van der Waals surface area contributed by atoms with Crippen molar-refractivity contribution in [3.63, 3.8) is 0 Å². The number of hydrogen-bond acceptors (Lipinski definition) is 3. The van der Waals surface area contributed by atoms with Gasteiger partial charge in [0.15, 0.2) is 0 Å². The molecule has 0 rings (SSSR count). The van der Waals surface area contributed by atoms with Gasteiger partial charge in [0.2, 0.25) is 16.2 Å². The molecular weight excluding hydrogens is 319 g/mol. The van der Waals surface area contributed by atoms with E-state index in [0.29, 0.717) is 0 Å². The number of hydrogen-bond donors (Lipinski definition) is 0. The van der Waals surface area contributed by atoms with E-state index in [2.05, 4.69) is 0 Å². The molecule has 0 aliphatic heterocycles. The Labute approximate surface area is 98.5 Å². The molecule has 0 aliphatic carbocycles. The molecule has 0 radical (unpaired) electrons. The summed E-state index contributed by atoms with van der Waals surface area (Å²) in [5.74, 6) is 0. The van der Waals surface area contributed by atoms with Crippen molar-refractivity contribution in [2.75, 3.05) is 0 Å². The second kappa shape index (κ2) is 4.94. The molecule has 0 aromatic rings. The van der Waals surface area contributed by atoms with E-state index >= 15 is 0 Å². The molecule has 0 unspecified atom stereocenters. The summed E-state index contributed by atoms with van der Waals surface area (Å²) >= 11 is 0. The minimum Gasteiger partial charge on any atom is -0.295 e. The lowest BCUT2D eigenvalue weighted by Crippen LogP contribution is -2.58. The first-order valence-electron chi connectivity index (χ1n) is 3.93. The highest BCUT2D eigenvalue weighted by Gasteiger charge is 2.62. The van der Waals surface area contributed by atoms with Gasteiger partial charge in [-0.15, -0.1) is 0 Å². The predicted molar refractivity (Wildman–Crippen MR) is 40.3 cm³/mol. The zero-order chi connectivity index (χ0) is 15.8. The molecule has 3 nitrogen and oxygen atoms in total. The van der Waals surface area contributed by atoms with Crippen molar-refractivity contribution < 1.29 is 53.9 Å². The Bertz CT molecular complexity index is 342. The maximum absolute atomic E-state index is 11.8. The van der Waals surface area contributed by atoms with Crippen molar-refractivity contribution >= 4 is 25.0 Å². The third kappa shape index (κ3) is 4.32. The van der Waals surface area contributed by atoms with E-state index in [9.17, 15) is 53.9 Å². The maximum atomic E-state index is 11.8. The number of carbonyl (C=O) groups is 3. The van der Waals surface area contributed by atoms with Gasteiger partial charge in [0.1, 0.15) is 0 Å². The van der Waals surface area contributed by atoms with Crippen molar-refractivity contribution in [1.29, 1.82) is 0 Å². The fraction of sp³-hybridized carbons (Fsp3) is 0.500. The lowest BCUT2D eigenvalue weighted by atomic mass is 10.7. The Morgan fingerprint density at radius 2 is 0.684 bits per heavy atom. The smallest absolute Gasteiger partial charge is 0.295 e. The van der Waals surface area contributed by atoms with Crippen molar-refractivity contribution in [3.8, 4) is 0 Å². The van der Waals surface area contributed by atoms with Crippen molar-refractivity contribution in [1.82, 2.24) is 0 Å². The molecule has 0 aromatic carbocycles. The Morgan fingerprint density at radius 1 is 0.526 bits per heavy atom. The molecule has 19 heavy (non-hydrogen) atoms. The second-order valence-electron chi connectivity index (χ2n) is 3.02. The van der Waals surface area contributed by atoms with Gasteiger partial charge in [-0.25, -0.2) is 0 Å². The lowest BCUT2D eigenvalue weighted by Gasteiger charge is -2.16. The van der Waals surface area contributed by atoms with Gasteiger partial charge in [0.05, 0.1) is 0 Å². The average Bonchev–Trinajstić information content (AvgIpc) is 2.13. The first-order valence-corrected chi connectivity index (χ1v) is 5.66. The fourth-order valence-corrected chi connectivity index (χ4v) is 2.54. The fourth-order valence-electron chi connectivity index (χ4n) is 0.848. The first kappa shape index (κ1) is 17.6. The predicted octanol–water partition coefficient (Wildman–Crippen LogP) is 1.23. The van der Waals surface area contributed by atoms with Crippen LogP contribution in [0.15, 0.2) is 0 Å². The second-order valence-corrected chi connectivity index (χ2v) is 5.46. The first-order chi connectivity index (χ1) is 8.10. The van der Waals surface area contributed by atoms with Crippen LogP contribution in [-0.2, 0) is 14.4 Å². The maximum Gasteiger partial charge on any atom is 0.445 e. The molecule has 0 bridgehead atoms. The van der Waals surface area contributed by atoms with Gasteiger partial charge < -0.3 is 0 Å². The number of halogens is 9. The summed E-state index contributed by atoms with van der Waals surface area (Å²) in [6, 6.07) is 0. The van der Waals surface area contributed by atoms with Crippen LogP contribution in [0.4, 0.5) is 39.5 Å². The number of alkyl halides is 9. The van der Waals surface area contributed by atoms with E-state index < -0.39 is 43.5 Å². The van der Waals surface area contributed by atoms with Gasteiger partial charge in [-0.3, -0.25) is 14.4 Å². The van der Waals surface area contributed by atoms with Crippen molar-refractivity contribution in [3.05, 3.63) is 0 Å². The number of rotatable bonds is 3. The van der Waals surface area contributed by atoms with Crippen LogP contribution in [0.25, 0.3) is 0 Å². The average molecular weight is 320 g/mol. The van der Waals surface area contributed by atoms with E-state index in [1.807, 2.05) is 0 Å². The Morgan fingerprint density at radius 3 is 0.789 bits per heavy atom. The van der Waals surface area contributed by atoms with Gasteiger partial charge in [0.25, 0.3) is 0 Å². The highest BCUT2D eigenvalue weighted by atomic mass is 28.3. The topological polar surface area (TPSA) is 51.2 Å². The van der Waals surface area contributed by atoms with Crippen molar-refractivity contribution in [2.45, 2.75) is 18.5 Å². The third-order valence-electron chi connectivity index (χ3n) is 1.62. The van der Waals surface area contributed by atoms with Crippen LogP contribution in [0.5, 0.6) is 0 Å². The zero-order valence-electron chi connectivity index (χ0n) is 8.20. The monoisotopic (exact) mass is 320 g/mol. The molecule has 0 N–H and O–H groups in total. The SMILES string of the molecule is O=C([SiH](C(=O)C(F)(F)F)C(=O)C(F)(F)F)C(F)(F)F. The molecule has 13 heteroatoms. The summed E-state index contributed by atoms with van der Waals surface area (Å²) < 4.78 is 107. The Kier molecular flexibility index (Phi) is 4.57. The van der Waals surface area contributed by atoms with Gasteiger partial charge in [-0.1, -0.05) is 0 Å². The minimum atomic E-state index is -6.18. The van der Waals surface area contributed by atoms with Crippen LogP contribution in [-0.4, -0.2) is 43.5 Å². The summed E-state index contributed by atoms with van der Waals surface area (Å²) in [7, 11) is -6.18. The highest BCUT2D eigenvalue weighted by molar-refractivity contribution is 7.29. The van der Waals surface area contributed by atoms with Crippen LogP contribution in [0, 0.1) is 0 Å². The van der Waals surface area contributed by atoms with E-state index in [-0.39, 0.29) is 0 Å². The normalized spacial score (nSPS) is 13.6. The highest BCUT2D eigenvalue weighted by Crippen LogP contribution is 2.27. The summed E-state index contributed by atoms with van der Waals surface area (Å²) in [5, 5.41) is -10.8. The van der Waals surface area contributed by atoms with Crippen LogP contribution >= 0.6 is 0 Å². The minimum absolute atomic E-state index is 3.59. The van der Waals surface area contributed by atoms with Crippen LogP contribution in [0.1, 0.15) is 0 Å². The summed E-state index contributed by atoms with van der Waals surface area (Å²) in [4.78, 5) is 31.3. The molecule has 0 amide bonds. The molecule has 0 spiro atoms. The molecule has 0 aromatic heterocycles. The Balaban J connectivity index is 5.74. The lowest BCUT2D eigenvalue weighted by molar-refractivity contribution is -0.173. The van der Waals surface area contributed by atoms with E-state index in [1.54, 1.807) is 0 Å².